The number of hydrogen-bond donors (Lipinski definition) is 0. The van der Waals surface area contributed by atoms with Crippen molar-refractivity contribution in [1.82, 2.24) is 19.2 Å². The Morgan fingerprint density at radius 3 is 2.61 bits per heavy atom. The lowest BCUT2D eigenvalue weighted by molar-refractivity contribution is 0.00200. The maximum Gasteiger partial charge on any atom is 0.268 e. The molecule has 9 heteroatoms. The van der Waals surface area contributed by atoms with E-state index in [4.69, 9.17) is 4.74 Å². The highest BCUT2D eigenvalue weighted by Crippen LogP contribution is 2.38. The van der Waals surface area contributed by atoms with E-state index < -0.39 is 0 Å². The maximum atomic E-state index is 14.1. The van der Waals surface area contributed by atoms with Crippen LogP contribution < -0.4 is 5.56 Å². The predicted molar refractivity (Wildman–Crippen MR) is 150 cm³/mol. The first-order chi connectivity index (χ1) is 17.4. The number of aromatic nitrogens is 4. The molecule has 3 aromatic heterocycles. The molecular formula is C27H25BrN4O2S2. The lowest BCUT2D eigenvalue weighted by Gasteiger charge is -2.26. The molecule has 184 valence electrons. The third-order valence-electron chi connectivity index (χ3n) is 6.66. The first-order valence-corrected chi connectivity index (χ1v) is 14.5. The maximum absolute atomic E-state index is 14.1. The Balaban J connectivity index is 1.57. The van der Waals surface area contributed by atoms with Gasteiger partial charge < -0.3 is 4.74 Å². The summed E-state index contributed by atoms with van der Waals surface area (Å²) in [5.41, 5.74) is 4.20. The third-order valence-corrected chi connectivity index (χ3v) is 9.38. The van der Waals surface area contributed by atoms with Gasteiger partial charge in [-0.1, -0.05) is 71.4 Å². The fourth-order valence-corrected chi connectivity index (χ4v) is 7.07. The summed E-state index contributed by atoms with van der Waals surface area (Å²) in [4.78, 5) is 16.1. The van der Waals surface area contributed by atoms with Gasteiger partial charge in [0.2, 0.25) is 5.78 Å². The van der Waals surface area contributed by atoms with E-state index >= 15 is 0 Å². The van der Waals surface area contributed by atoms with Crippen molar-refractivity contribution >= 4 is 55.0 Å². The van der Waals surface area contributed by atoms with Crippen LogP contribution in [-0.2, 0) is 23.5 Å². The van der Waals surface area contributed by atoms with Gasteiger partial charge in [-0.15, -0.1) is 21.5 Å². The molecule has 0 unspecified atom stereocenters. The van der Waals surface area contributed by atoms with Crippen LogP contribution in [0.2, 0.25) is 0 Å². The molecular weight excluding hydrogens is 556 g/mol. The van der Waals surface area contributed by atoms with Crippen molar-refractivity contribution in [2.24, 2.45) is 5.92 Å². The number of halogens is 1. The van der Waals surface area contributed by atoms with E-state index in [0.29, 0.717) is 18.3 Å². The highest BCUT2D eigenvalue weighted by molar-refractivity contribution is 9.10. The summed E-state index contributed by atoms with van der Waals surface area (Å²) >= 11 is 6.76. The molecule has 6 rings (SSSR count). The van der Waals surface area contributed by atoms with Crippen LogP contribution in [0.5, 0.6) is 0 Å². The van der Waals surface area contributed by atoms with E-state index in [0.717, 1.165) is 53.7 Å². The molecule has 0 aliphatic carbocycles. The lowest BCUT2D eigenvalue weighted by atomic mass is 9.96. The van der Waals surface area contributed by atoms with Gasteiger partial charge in [-0.3, -0.25) is 4.79 Å². The van der Waals surface area contributed by atoms with Gasteiger partial charge in [-0.05, 0) is 48.2 Å². The van der Waals surface area contributed by atoms with Gasteiger partial charge in [-0.25, -0.2) is 8.97 Å². The second kappa shape index (κ2) is 9.45. The second-order valence-corrected chi connectivity index (χ2v) is 12.4. The van der Waals surface area contributed by atoms with Gasteiger partial charge in [0.25, 0.3) is 5.56 Å². The van der Waals surface area contributed by atoms with Crippen molar-refractivity contribution in [1.29, 1.82) is 0 Å². The number of nitrogens with zero attached hydrogens (tertiary/aromatic N) is 4. The molecule has 1 aliphatic heterocycles. The fourth-order valence-electron chi connectivity index (χ4n) is 4.62. The topological polar surface area (TPSA) is 61.4 Å². The number of rotatable bonds is 5. The molecule has 0 spiro atoms. The molecule has 0 N–H and O–H groups in total. The van der Waals surface area contributed by atoms with Crippen LogP contribution in [0.4, 0.5) is 0 Å². The molecule has 36 heavy (non-hydrogen) atoms. The largest absolute Gasteiger partial charge is 0.372 e. The molecule has 0 saturated heterocycles. The first kappa shape index (κ1) is 23.9. The van der Waals surface area contributed by atoms with Crippen LogP contribution >= 0.6 is 39.0 Å². The minimum atomic E-state index is -0.0416. The molecule has 5 aromatic rings. The van der Waals surface area contributed by atoms with E-state index in [-0.39, 0.29) is 11.7 Å². The highest BCUT2D eigenvalue weighted by atomic mass is 79.9. The standard InChI is InChI=1S/C27H25BrN4O2S2/c1-15(2)21-12-20-22(13-34-21)36-25-23(20)24(33)31(19-10-4-16(3)5-11-19)26-29-30-27(32(25)26)35-14-17-6-8-18(28)9-7-17/h4-11,15,21H,12-14H2,1-3H3/t21-/m1/s1. The van der Waals surface area contributed by atoms with Crippen LogP contribution in [0.3, 0.4) is 0 Å². The molecule has 6 nitrogen and oxygen atoms in total. The molecule has 0 amide bonds. The van der Waals surface area contributed by atoms with Crippen molar-refractivity contribution in [3.63, 3.8) is 0 Å². The average Bonchev–Trinajstić information content (AvgIpc) is 3.46. The summed E-state index contributed by atoms with van der Waals surface area (Å²) in [7, 11) is 0. The van der Waals surface area contributed by atoms with Crippen molar-refractivity contribution in [3.05, 3.63) is 84.9 Å². The van der Waals surface area contributed by atoms with Gasteiger partial charge in [0.15, 0.2) is 5.16 Å². The van der Waals surface area contributed by atoms with Crippen LogP contribution in [0, 0.1) is 12.8 Å². The quantitative estimate of drug-likeness (QED) is 0.220. The summed E-state index contributed by atoms with van der Waals surface area (Å²) in [6, 6.07) is 16.3. The smallest absolute Gasteiger partial charge is 0.268 e. The number of thioether (sulfide) groups is 1. The van der Waals surface area contributed by atoms with Crippen LogP contribution in [0.25, 0.3) is 21.7 Å². The number of ether oxygens (including phenoxy) is 1. The summed E-state index contributed by atoms with van der Waals surface area (Å²) in [5.74, 6) is 1.67. The summed E-state index contributed by atoms with van der Waals surface area (Å²) in [5, 5.41) is 10.6. The molecule has 0 saturated carbocycles. The van der Waals surface area contributed by atoms with Crippen molar-refractivity contribution in [2.45, 2.75) is 50.8 Å². The SMILES string of the molecule is Cc1ccc(-n2c(=O)c3c4c(sc3n3c(SCc5ccc(Br)cc5)nnc23)CO[C@@H](C(C)C)C4)cc1. The summed E-state index contributed by atoms with van der Waals surface area (Å²) in [6.45, 7) is 6.92. The van der Waals surface area contributed by atoms with Gasteiger partial charge in [0.05, 0.1) is 23.8 Å². The normalized spacial score (nSPS) is 15.8. The first-order valence-electron chi connectivity index (χ1n) is 11.9. The zero-order valence-corrected chi connectivity index (χ0v) is 23.4. The van der Waals surface area contributed by atoms with Crippen molar-refractivity contribution in [3.8, 4) is 5.69 Å². The summed E-state index contributed by atoms with van der Waals surface area (Å²) in [6.07, 6.45) is 0.843. The Labute approximate surface area is 225 Å². The lowest BCUT2D eigenvalue weighted by Crippen LogP contribution is -2.28. The van der Waals surface area contributed by atoms with E-state index in [1.54, 1.807) is 27.7 Å². The highest BCUT2D eigenvalue weighted by Gasteiger charge is 2.30. The number of fused-ring (bicyclic) bond motifs is 5. The van der Waals surface area contributed by atoms with Crippen LogP contribution in [0.15, 0.2) is 63.0 Å². The van der Waals surface area contributed by atoms with E-state index in [2.05, 4.69) is 56.5 Å². The average molecular weight is 582 g/mol. The fraction of sp³-hybridized carbons (Fsp3) is 0.296. The van der Waals surface area contributed by atoms with E-state index in [1.165, 1.54) is 5.56 Å². The Bertz CT molecular complexity index is 1640. The third kappa shape index (κ3) is 4.12. The van der Waals surface area contributed by atoms with Crippen LogP contribution in [-0.4, -0.2) is 25.3 Å². The molecule has 0 radical (unpaired) electrons. The van der Waals surface area contributed by atoms with Gasteiger partial charge >= 0.3 is 0 Å². The minimum absolute atomic E-state index is 0.0416. The van der Waals surface area contributed by atoms with E-state index in [1.807, 2.05) is 43.3 Å². The predicted octanol–water partition coefficient (Wildman–Crippen LogP) is 6.56. The Morgan fingerprint density at radius 2 is 1.89 bits per heavy atom. The zero-order valence-electron chi connectivity index (χ0n) is 20.2. The molecule has 4 heterocycles. The van der Waals surface area contributed by atoms with Crippen LogP contribution in [0.1, 0.15) is 35.4 Å². The number of hydrogen-bond acceptors (Lipinski definition) is 6. The minimum Gasteiger partial charge on any atom is -0.372 e. The number of aryl methyl sites for hydroxylation is 1. The Kier molecular flexibility index (Phi) is 6.27. The Morgan fingerprint density at radius 1 is 1.14 bits per heavy atom. The number of thiophene rings is 1. The van der Waals surface area contributed by atoms with Crippen molar-refractivity contribution in [2.75, 3.05) is 0 Å². The monoisotopic (exact) mass is 580 g/mol. The summed E-state index contributed by atoms with van der Waals surface area (Å²) < 4.78 is 11.0. The molecule has 1 aliphatic rings. The molecule has 0 fully saturated rings. The van der Waals surface area contributed by atoms with Gasteiger partial charge in [0.1, 0.15) is 4.83 Å². The zero-order chi connectivity index (χ0) is 25.0. The Hall–Kier alpha value is -2.46. The molecule has 2 aromatic carbocycles. The number of benzene rings is 2. The van der Waals surface area contributed by atoms with Crippen molar-refractivity contribution < 1.29 is 4.74 Å². The molecule has 1 atom stereocenters. The van der Waals surface area contributed by atoms with E-state index in [9.17, 15) is 4.79 Å². The molecule has 0 bridgehead atoms. The van der Waals surface area contributed by atoms with Gasteiger partial charge in [-0.2, -0.15) is 0 Å². The van der Waals surface area contributed by atoms with Gasteiger partial charge in [0, 0.05) is 21.5 Å². The second-order valence-electron chi connectivity index (χ2n) is 9.49.